The number of hydrogen-bond donors (Lipinski definition) is 1. The molecule has 0 radical (unpaired) electrons. The molecule has 1 aliphatic heterocycles. The van der Waals surface area contributed by atoms with Gasteiger partial charge in [0.25, 0.3) is 0 Å². The molecule has 2 aliphatic rings. The van der Waals surface area contributed by atoms with E-state index >= 15 is 0 Å². The second-order valence-electron chi connectivity index (χ2n) is 6.60. The Kier molecular flexibility index (Phi) is 5.87. The lowest BCUT2D eigenvalue weighted by Crippen LogP contribution is -2.46. The second-order valence-corrected chi connectivity index (χ2v) is 8.58. The lowest BCUT2D eigenvalue weighted by atomic mass is 9.82. The first-order valence-corrected chi connectivity index (χ1v) is 10.0. The molecule has 0 amide bonds. The fraction of sp³-hybridized carbons (Fsp3) is 1.00. The largest absolute Gasteiger partial charge is 0.313 e. The van der Waals surface area contributed by atoms with Gasteiger partial charge in [-0.2, -0.15) is 0 Å². The average Bonchev–Trinajstić information content (AvgIpc) is 2.45. The molecule has 0 aromatic carbocycles. The van der Waals surface area contributed by atoms with Crippen molar-refractivity contribution in [2.45, 2.75) is 57.9 Å². The van der Waals surface area contributed by atoms with Crippen LogP contribution in [0.1, 0.15) is 51.9 Å². The van der Waals surface area contributed by atoms with Gasteiger partial charge in [-0.15, -0.1) is 0 Å². The quantitative estimate of drug-likeness (QED) is 0.847. The van der Waals surface area contributed by atoms with Crippen LogP contribution >= 0.6 is 0 Å². The first-order valence-electron chi connectivity index (χ1n) is 8.19. The number of sulfonamides is 1. The van der Waals surface area contributed by atoms with Gasteiger partial charge in [0.2, 0.25) is 10.0 Å². The highest BCUT2D eigenvalue weighted by Crippen LogP contribution is 2.27. The monoisotopic (exact) mass is 302 g/mol. The number of nitrogens with zero attached hydrogens (tertiary/aromatic N) is 1. The number of nitrogens with one attached hydrogen (secondary N) is 1. The summed E-state index contributed by atoms with van der Waals surface area (Å²) in [6.07, 6.45) is 10.1. The molecule has 118 valence electrons. The topological polar surface area (TPSA) is 49.4 Å². The van der Waals surface area contributed by atoms with Gasteiger partial charge in [-0.3, -0.25) is 0 Å². The third kappa shape index (κ3) is 4.43. The molecule has 2 fully saturated rings. The molecule has 5 heteroatoms. The summed E-state index contributed by atoms with van der Waals surface area (Å²) in [6.45, 7) is 4.68. The molecule has 3 unspecified atom stereocenters. The van der Waals surface area contributed by atoms with Crippen LogP contribution in [0.3, 0.4) is 0 Å². The standard InChI is InChI=1S/C15H30N2O2S/c1-3-14-8-4-5-9-15(14)16-11-13-7-6-10-17(12-13)20(2,18)19/h13-16H,3-12H2,1-2H3. The Morgan fingerprint density at radius 3 is 2.60 bits per heavy atom. The molecule has 2 rings (SSSR count). The zero-order chi connectivity index (χ0) is 14.6. The molecular formula is C15H30N2O2S. The molecule has 1 heterocycles. The van der Waals surface area contributed by atoms with Crippen molar-refractivity contribution in [3.05, 3.63) is 0 Å². The van der Waals surface area contributed by atoms with Crippen molar-refractivity contribution in [1.29, 1.82) is 0 Å². The summed E-state index contributed by atoms with van der Waals surface area (Å²) in [4.78, 5) is 0. The van der Waals surface area contributed by atoms with Gasteiger partial charge in [0.05, 0.1) is 6.26 Å². The fourth-order valence-electron chi connectivity index (χ4n) is 3.78. The third-order valence-corrected chi connectivity index (χ3v) is 6.32. The predicted molar refractivity (Wildman–Crippen MR) is 83.2 cm³/mol. The van der Waals surface area contributed by atoms with E-state index in [9.17, 15) is 8.42 Å². The smallest absolute Gasteiger partial charge is 0.211 e. The van der Waals surface area contributed by atoms with Gasteiger partial charge in [-0.25, -0.2) is 12.7 Å². The molecule has 0 spiro atoms. The van der Waals surface area contributed by atoms with Crippen LogP contribution in [0.25, 0.3) is 0 Å². The van der Waals surface area contributed by atoms with Gasteiger partial charge in [0, 0.05) is 19.1 Å². The minimum absolute atomic E-state index is 0.484. The summed E-state index contributed by atoms with van der Waals surface area (Å²) >= 11 is 0. The van der Waals surface area contributed by atoms with E-state index in [1.54, 1.807) is 4.31 Å². The van der Waals surface area contributed by atoms with Gasteiger partial charge < -0.3 is 5.32 Å². The molecule has 20 heavy (non-hydrogen) atoms. The molecule has 0 bridgehead atoms. The average molecular weight is 302 g/mol. The Bertz CT molecular complexity index is 397. The molecule has 4 nitrogen and oxygen atoms in total. The summed E-state index contributed by atoms with van der Waals surface area (Å²) in [7, 11) is -3.01. The minimum atomic E-state index is -3.01. The lowest BCUT2D eigenvalue weighted by Gasteiger charge is -2.35. The van der Waals surface area contributed by atoms with Crippen LogP contribution in [-0.4, -0.2) is 44.7 Å². The fourth-order valence-corrected chi connectivity index (χ4v) is 4.72. The van der Waals surface area contributed by atoms with E-state index < -0.39 is 10.0 Å². The Morgan fingerprint density at radius 2 is 1.90 bits per heavy atom. The first-order chi connectivity index (χ1) is 9.50. The van der Waals surface area contributed by atoms with Crippen LogP contribution in [0.4, 0.5) is 0 Å². The van der Waals surface area contributed by atoms with Gasteiger partial charge in [0.1, 0.15) is 0 Å². The van der Waals surface area contributed by atoms with Gasteiger partial charge in [0.15, 0.2) is 0 Å². The maximum atomic E-state index is 11.6. The Labute approximate surface area is 124 Å². The van der Waals surface area contributed by atoms with E-state index in [0.717, 1.165) is 25.3 Å². The van der Waals surface area contributed by atoms with Crippen molar-refractivity contribution in [3.63, 3.8) is 0 Å². The van der Waals surface area contributed by atoms with Crippen molar-refractivity contribution in [2.75, 3.05) is 25.9 Å². The Balaban J connectivity index is 1.81. The van der Waals surface area contributed by atoms with Crippen molar-refractivity contribution in [2.24, 2.45) is 11.8 Å². The van der Waals surface area contributed by atoms with Crippen LogP contribution in [0, 0.1) is 11.8 Å². The van der Waals surface area contributed by atoms with Crippen LogP contribution in [0.2, 0.25) is 0 Å². The summed E-state index contributed by atoms with van der Waals surface area (Å²) in [6, 6.07) is 0.655. The molecule has 1 saturated heterocycles. The highest BCUT2D eigenvalue weighted by Gasteiger charge is 2.28. The Morgan fingerprint density at radius 1 is 1.15 bits per heavy atom. The molecule has 1 N–H and O–H groups in total. The van der Waals surface area contributed by atoms with Crippen molar-refractivity contribution < 1.29 is 8.42 Å². The van der Waals surface area contributed by atoms with Gasteiger partial charge in [-0.1, -0.05) is 26.2 Å². The van der Waals surface area contributed by atoms with Crippen LogP contribution < -0.4 is 5.32 Å². The predicted octanol–water partition coefficient (Wildman–Crippen LogP) is 2.22. The molecule has 1 aliphatic carbocycles. The third-order valence-electron chi connectivity index (χ3n) is 5.05. The van der Waals surface area contributed by atoms with Gasteiger partial charge in [-0.05, 0) is 44.1 Å². The second kappa shape index (κ2) is 7.23. The normalized spacial score (nSPS) is 33.2. The summed E-state index contributed by atoms with van der Waals surface area (Å²) in [5.41, 5.74) is 0. The van der Waals surface area contributed by atoms with E-state index in [0.29, 0.717) is 25.0 Å². The SMILES string of the molecule is CCC1CCCCC1NCC1CCCN(S(C)(=O)=O)C1. The summed E-state index contributed by atoms with van der Waals surface area (Å²) in [5.74, 6) is 1.30. The number of hydrogen-bond acceptors (Lipinski definition) is 3. The zero-order valence-electron chi connectivity index (χ0n) is 13.0. The summed E-state index contributed by atoms with van der Waals surface area (Å²) in [5, 5.41) is 3.74. The van der Waals surface area contributed by atoms with Gasteiger partial charge >= 0.3 is 0 Å². The van der Waals surface area contributed by atoms with Crippen molar-refractivity contribution >= 4 is 10.0 Å². The molecular weight excluding hydrogens is 272 g/mol. The Hall–Kier alpha value is -0.130. The zero-order valence-corrected chi connectivity index (χ0v) is 13.8. The van der Waals surface area contributed by atoms with E-state index in [2.05, 4.69) is 12.2 Å². The van der Waals surface area contributed by atoms with E-state index in [1.165, 1.54) is 38.4 Å². The molecule has 1 saturated carbocycles. The van der Waals surface area contributed by atoms with Crippen molar-refractivity contribution in [3.8, 4) is 0 Å². The van der Waals surface area contributed by atoms with E-state index in [-0.39, 0.29) is 0 Å². The highest BCUT2D eigenvalue weighted by molar-refractivity contribution is 7.88. The van der Waals surface area contributed by atoms with E-state index in [1.807, 2.05) is 0 Å². The first kappa shape index (κ1) is 16.2. The molecule has 0 aromatic rings. The van der Waals surface area contributed by atoms with Crippen molar-refractivity contribution in [1.82, 2.24) is 9.62 Å². The lowest BCUT2D eigenvalue weighted by molar-refractivity contribution is 0.215. The maximum Gasteiger partial charge on any atom is 0.211 e. The number of piperidine rings is 1. The highest BCUT2D eigenvalue weighted by atomic mass is 32.2. The maximum absolute atomic E-state index is 11.6. The minimum Gasteiger partial charge on any atom is -0.313 e. The van der Waals surface area contributed by atoms with Crippen LogP contribution in [0.15, 0.2) is 0 Å². The number of rotatable bonds is 5. The van der Waals surface area contributed by atoms with Crippen LogP contribution in [-0.2, 0) is 10.0 Å². The van der Waals surface area contributed by atoms with E-state index in [4.69, 9.17) is 0 Å². The summed E-state index contributed by atoms with van der Waals surface area (Å²) < 4.78 is 24.9. The molecule has 3 atom stereocenters. The van der Waals surface area contributed by atoms with Crippen LogP contribution in [0.5, 0.6) is 0 Å². The molecule has 0 aromatic heterocycles.